The van der Waals surface area contributed by atoms with Gasteiger partial charge in [0.15, 0.2) is 0 Å². The molecular weight excluding hydrogens is 400 g/mol. The Kier molecular flexibility index (Phi) is 6.10. The van der Waals surface area contributed by atoms with Crippen molar-refractivity contribution in [3.63, 3.8) is 0 Å². The Morgan fingerprint density at radius 2 is 1.75 bits per heavy atom. The van der Waals surface area contributed by atoms with E-state index in [0.717, 1.165) is 62.4 Å². The topological polar surface area (TPSA) is 43.7 Å². The van der Waals surface area contributed by atoms with Crippen LogP contribution in [0.15, 0.2) is 65.5 Å². The van der Waals surface area contributed by atoms with Gasteiger partial charge in [-0.1, -0.05) is 48.5 Å². The summed E-state index contributed by atoms with van der Waals surface area (Å²) in [5.74, 6) is 0.730. The summed E-state index contributed by atoms with van der Waals surface area (Å²) in [6.45, 7) is 4.13. The van der Waals surface area contributed by atoms with Crippen LogP contribution >= 0.6 is 0 Å². The summed E-state index contributed by atoms with van der Waals surface area (Å²) in [6.07, 6.45) is 3.05. The second-order valence-corrected chi connectivity index (χ2v) is 8.67. The molecule has 3 aromatic rings. The van der Waals surface area contributed by atoms with E-state index in [2.05, 4.69) is 23.1 Å². The molecule has 0 aliphatic carbocycles. The number of hydrogen-bond donors (Lipinski definition) is 0. The van der Waals surface area contributed by atoms with Crippen molar-refractivity contribution in [3.05, 3.63) is 87.8 Å². The standard InChI is InChI=1S/C27H30N2O3/c1-31-26-10-6-5-9-23(26)24-17-21-19-28(22-12-15-32-16-13-22)14-11-25(21)29(27(24)30)18-20-7-3-2-4-8-20/h2-10,17,22H,11-16,18-19H2,1H3. The van der Waals surface area contributed by atoms with E-state index in [4.69, 9.17) is 9.47 Å². The second-order valence-electron chi connectivity index (χ2n) is 8.67. The first kappa shape index (κ1) is 21.0. The van der Waals surface area contributed by atoms with Crippen LogP contribution in [0.4, 0.5) is 0 Å². The van der Waals surface area contributed by atoms with Crippen LogP contribution in [-0.4, -0.2) is 42.4 Å². The number of hydrogen-bond acceptors (Lipinski definition) is 4. The van der Waals surface area contributed by atoms with Gasteiger partial charge >= 0.3 is 0 Å². The third-order valence-corrected chi connectivity index (χ3v) is 6.79. The monoisotopic (exact) mass is 430 g/mol. The minimum Gasteiger partial charge on any atom is -0.496 e. The van der Waals surface area contributed by atoms with Crippen LogP contribution in [-0.2, 0) is 24.2 Å². The Morgan fingerprint density at radius 3 is 2.53 bits per heavy atom. The highest BCUT2D eigenvalue weighted by atomic mass is 16.5. The predicted octanol–water partition coefficient (Wildman–Crippen LogP) is 4.11. The molecule has 3 heterocycles. The van der Waals surface area contributed by atoms with Gasteiger partial charge in [-0.2, -0.15) is 0 Å². The normalized spacial score (nSPS) is 17.2. The van der Waals surface area contributed by atoms with Crippen molar-refractivity contribution in [1.29, 1.82) is 0 Å². The maximum atomic E-state index is 13.8. The Hall–Kier alpha value is -2.89. The number of fused-ring (bicyclic) bond motifs is 1. The van der Waals surface area contributed by atoms with E-state index in [1.165, 1.54) is 11.3 Å². The van der Waals surface area contributed by atoms with Gasteiger partial charge in [0.2, 0.25) is 0 Å². The van der Waals surface area contributed by atoms with Crippen LogP contribution < -0.4 is 10.3 Å². The van der Waals surface area contributed by atoms with E-state index in [1.54, 1.807) is 7.11 Å². The fraction of sp³-hybridized carbons (Fsp3) is 0.370. The number of aromatic nitrogens is 1. The molecule has 2 aromatic carbocycles. The van der Waals surface area contributed by atoms with E-state index in [-0.39, 0.29) is 5.56 Å². The number of para-hydroxylation sites is 1. The Morgan fingerprint density at radius 1 is 1.00 bits per heavy atom. The maximum absolute atomic E-state index is 13.8. The van der Waals surface area contributed by atoms with Gasteiger partial charge in [0.1, 0.15) is 5.75 Å². The summed E-state index contributed by atoms with van der Waals surface area (Å²) in [6, 6.07) is 20.7. The molecule has 5 nitrogen and oxygen atoms in total. The quantitative estimate of drug-likeness (QED) is 0.611. The molecule has 0 radical (unpaired) electrons. The molecule has 5 heteroatoms. The highest BCUT2D eigenvalue weighted by Crippen LogP contribution is 2.31. The molecule has 1 aromatic heterocycles. The van der Waals surface area contributed by atoms with Crippen LogP contribution in [0.2, 0.25) is 0 Å². The van der Waals surface area contributed by atoms with Crippen LogP contribution in [0, 0.1) is 0 Å². The number of methoxy groups -OCH3 is 1. The fourth-order valence-electron chi connectivity index (χ4n) is 5.10. The Bertz CT molecular complexity index is 1130. The first-order valence-electron chi connectivity index (χ1n) is 11.5. The average Bonchev–Trinajstić information content (AvgIpc) is 2.86. The maximum Gasteiger partial charge on any atom is 0.259 e. The first-order valence-corrected chi connectivity index (χ1v) is 11.5. The highest BCUT2D eigenvalue weighted by molar-refractivity contribution is 5.70. The second kappa shape index (κ2) is 9.31. The highest BCUT2D eigenvalue weighted by Gasteiger charge is 2.28. The van der Waals surface area contributed by atoms with Gasteiger partial charge in [0.05, 0.1) is 19.2 Å². The predicted molar refractivity (Wildman–Crippen MR) is 126 cm³/mol. The number of benzene rings is 2. The third kappa shape index (κ3) is 4.10. The molecule has 0 saturated carbocycles. The minimum absolute atomic E-state index is 0.0524. The molecule has 0 unspecified atom stereocenters. The lowest BCUT2D eigenvalue weighted by molar-refractivity contribution is 0.0285. The Labute approximate surface area is 189 Å². The molecule has 5 rings (SSSR count). The Balaban J connectivity index is 1.60. The number of rotatable bonds is 5. The average molecular weight is 431 g/mol. The van der Waals surface area contributed by atoms with Crippen molar-refractivity contribution in [3.8, 4) is 16.9 Å². The van der Waals surface area contributed by atoms with Crippen LogP contribution in [0.25, 0.3) is 11.1 Å². The summed E-state index contributed by atoms with van der Waals surface area (Å²) in [7, 11) is 1.66. The van der Waals surface area contributed by atoms with Crippen molar-refractivity contribution in [2.24, 2.45) is 0 Å². The van der Waals surface area contributed by atoms with Crippen LogP contribution in [0.5, 0.6) is 5.75 Å². The van der Waals surface area contributed by atoms with Gasteiger partial charge in [-0.15, -0.1) is 0 Å². The molecule has 2 aliphatic rings. The van der Waals surface area contributed by atoms with Crippen molar-refractivity contribution < 1.29 is 9.47 Å². The van der Waals surface area contributed by atoms with Gasteiger partial charge in [-0.25, -0.2) is 0 Å². The van der Waals surface area contributed by atoms with Crippen molar-refractivity contribution in [2.75, 3.05) is 26.9 Å². The zero-order valence-corrected chi connectivity index (χ0v) is 18.6. The van der Waals surface area contributed by atoms with E-state index < -0.39 is 0 Å². The van der Waals surface area contributed by atoms with E-state index in [0.29, 0.717) is 18.2 Å². The molecule has 1 saturated heterocycles. The SMILES string of the molecule is COc1ccccc1-c1cc2c(n(Cc3ccccc3)c1=O)CCN(C1CCOCC1)C2. The number of ether oxygens (including phenoxy) is 2. The molecule has 0 amide bonds. The van der Waals surface area contributed by atoms with Gasteiger partial charge in [0, 0.05) is 50.0 Å². The smallest absolute Gasteiger partial charge is 0.259 e. The molecule has 0 spiro atoms. The molecule has 2 aliphatic heterocycles. The molecule has 0 atom stereocenters. The molecule has 166 valence electrons. The molecule has 1 fully saturated rings. The van der Waals surface area contributed by atoms with E-state index in [9.17, 15) is 4.79 Å². The van der Waals surface area contributed by atoms with E-state index in [1.807, 2.05) is 47.0 Å². The largest absolute Gasteiger partial charge is 0.496 e. The van der Waals surface area contributed by atoms with Crippen molar-refractivity contribution >= 4 is 0 Å². The van der Waals surface area contributed by atoms with Crippen LogP contribution in [0.3, 0.4) is 0 Å². The van der Waals surface area contributed by atoms with Gasteiger partial charge in [-0.05, 0) is 36.1 Å². The molecule has 0 bridgehead atoms. The lowest BCUT2D eigenvalue weighted by Crippen LogP contribution is -2.44. The van der Waals surface area contributed by atoms with Crippen molar-refractivity contribution in [2.45, 2.75) is 38.4 Å². The third-order valence-electron chi connectivity index (χ3n) is 6.79. The first-order chi connectivity index (χ1) is 15.7. The zero-order chi connectivity index (χ0) is 21.9. The zero-order valence-electron chi connectivity index (χ0n) is 18.6. The molecule has 0 N–H and O–H groups in total. The summed E-state index contributed by atoms with van der Waals surface area (Å²) >= 11 is 0. The van der Waals surface area contributed by atoms with Crippen molar-refractivity contribution in [1.82, 2.24) is 9.47 Å². The van der Waals surface area contributed by atoms with Gasteiger partial charge in [-0.3, -0.25) is 9.69 Å². The van der Waals surface area contributed by atoms with Gasteiger partial charge < -0.3 is 14.0 Å². The summed E-state index contributed by atoms with van der Waals surface area (Å²) in [5.41, 5.74) is 5.18. The number of nitrogens with zero attached hydrogens (tertiary/aromatic N) is 2. The summed E-state index contributed by atoms with van der Waals surface area (Å²) < 4.78 is 13.2. The van der Waals surface area contributed by atoms with E-state index >= 15 is 0 Å². The summed E-state index contributed by atoms with van der Waals surface area (Å²) in [4.78, 5) is 16.4. The lowest BCUT2D eigenvalue weighted by Gasteiger charge is -2.38. The van der Waals surface area contributed by atoms with Gasteiger partial charge in [0.25, 0.3) is 5.56 Å². The fourth-order valence-corrected chi connectivity index (χ4v) is 5.10. The lowest BCUT2D eigenvalue weighted by atomic mass is 9.96. The summed E-state index contributed by atoms with van der Waals surface area (Å²) in [5, 5.41) is 0. The van der Waals surface area contributed by atoms with Crippen LogP contribution in [0.1, 0.15) is 29.7 Å². The number of pyridine rings is 1. The molecule has 32 heavy (non-hydrogen) atoms. The minimum atomic E-state index is 0.0524. The molecular formula is C27H30N2O3.